The monoisotopic (exact) mass is 381 g/mol. The fraction of sp³-hybridized carbons (Fsp3) is 0.143. The highest BCUT2D eigenvalue weighted by Crippen LogP contribution is 2.31. The molecular weight excluding hydrogens is 365 g/mol. The van der Waals surface area contributed by atoms with Crippen molar-refractivity contribution in [3.63, 3.8) is 0 Å². The lowest BCUT2D eigenvalue weighted by Gasteiger charge is -2.11. The zero-order valence-corrected chi connectivity index (χ0v) is 16.0. The molecular formula is C21H17Cl2N3. The van der Waals surface area contributed by atoms with E-state index in [1.54, 1.807) is 6.20 Å². The van der Waals surface area contributed by atoms with Crippen molar-refractivity contribution < 1.29 is 0 Å². The predicted octanol–water partition coefficient (Wildman–Crippen LogP) is 6.07. The highest BCUT2D eigenvalue weighted by Gasteiger charge is 2.16. The SMILES string of the molecule is Cc1cc2nc(-c3cccnc3Cl)n(Cc3ccc(Cl)cc3)c2cc1C. The summed E-state index contributed by atoms with van der Waals surface area (Å²) in [5.74, 6) is 0.818. The molecule has 3 nitrogen and oxygen atoms in total. The van der Waals surface area contributed by atoms with Gasteiger partial charge in [-0.1, -0.05) is 35.3 Å². The molecule has 4 aromatic rings. The van der Waals surface area contributed by atoms with Gasteiger partial charge in [-0.25, -0.2) is 9.97 Å². The normalized spacial score (nSPS) is 11.2. The molecule has 4 rings (SSSR count). The lowest BCUT2D eigenvalue weighted by atomic mass is 10.1. The summed E-state index contributed by atoms with van der Waals surface area (Å²) in [7, 11) is 0. The van der Waals surface area contributed by atoms with Crippen molar-refractivity contribution in [3.8, 4) is 11.4 Å². The van der Waals surface area contributed by atoms with Crippen molar-refractivity contribution in [2.45, 2.75) is 20.4 Å². The molecule has 0 fully saturated rings. The van der Waals surface area contributed by atoms with Crippen LogP contribution in [0.25, 0.3) is 22.4 Å². The fourth-order valence-corrected chi connectivity index (χ4v) is 3.40. The summed E-state index contributed by atoms with van der Waals surface area (Å²) < 4.78 is 2.19. The summed E-state index contributed by atoms with van der Waals surface area (Å²) in [5.41, 5.74) is 6.47. The summed E-state index contributed by atoms with van der Waals surface area (Å²) in [4.78, 5) is 9.09. The Kier molecular flexibility index (Phi) is 4.43. The van der Waals surface area contributed by atoms with Crippen molar-refractivity contribution in [2.75, 3.05) is 0 Å². The molecule has 0 aliphatic rings. The molecule has 0 aliphatic heterocycles. The van der Waals surface area contributed by atoms with Gasteiger partial charge >= 0.3 is 0 Å². The zero-order chi connectivity index (χ0) is 18.3. The Morgan fingerprint density at radius 2 is 1.69 bits per heavy atom. The number of halogens is 2. The third kappa shape index (κ3) is 3.09. The fourth-order valence-electron chi connectivity index (χ4n) is 3.07. The largest absolute Gasteiger partial charge is 0.319 e. The first kappa shape index (κ1) is 17.1. The lowest BCUT2D eigenvalue weighted by Crippen LogP contribution is -2.03. The molecule has 5 heteroatoms. The maximum Gasteiger partial charge on any atom is 0.144 e. The van der Waals surface area contributed by atoms with E-state index in [4.69, 9.17) is 28.2 Å². The zero-order valence-electron chi connectivity index (χ0n) is 14.5. The topological polar surface area (TPSA) is 30.7 Å². The number of hydrogen-bond donors (Lipinski definition) is 0. The average molecular weight is 382 g/mol. The van der Waals surface area contributed by atoms with Gasteiger partial charge in [0.05, 0.1) is 16.6 Å². The van der Waals surface area contributed by atoms with Gasteiger partial charge in [-0.3, -0.25) is 0 Å². The Balaban J connectivity index is 1.95. The van der Waals surface area contributed by atoms with Gasteiger partial charge in [0.2, 0.25) is 0 Å². The summed E-state index contributed by atoms with van der Waals surface area (Å²) in [6.45, 7) is 4.89. The second kappa shape index (κ2) is 6.75. The van der Waals surface area contributed by atoms with E-state index < -0.39 is 0 Å². The van der Waals surface area contributed by atoms with Gasteiger partial charge in [-0.2, -0.15) is 0 Å². The Morgan fingerprint density at radius 3 is 2.42 bits per heavy atom. The van der Waals surface area contributed by atoms with E-state index in [0.29, 0.717) is 11.7 Å². The first-order valence-electron chi connectivity index (χ1n) is 8.36. The van der Waals surface area contributed by atoms with Crippen LogP contribution in [0, 0.1) is 13.8 Å². The number of benzene rings is 2. The average Bonchev–Trinajstić information content (AvgIpc) is 2.95. The smallest absolute Gasteiger partial charge is 0.144 e. The van der Waals surface area contributed by atoms with Crippen LogP contribution in [0.2, 0.25) is 10.2 Å². The van der Waals surface area contributed by atoms with Crippen LogP contribution in [0.3, 0.4) is 0 Å². The Labute approximate surface area is 162 Å². The number of nitrogens with zero attached hydrogens (tertiary/aromatic N) is 3. The van der Waals surface area contributed by atoms with Crippen LogP contribution in [0.1, 0.15) is 16.7 Å². The highest BCUT2D eigenvalue weighted by molar-refractivity contribution is 6.32. The molecule has 0 saturated heterocycles. The van der Waals surface area contributed by atoms with Crippen LogP contribution in [-0.2, 0) is 6.54 Å². The quantitative estimate of drug-likeness (QED) is 0.403. The molecule has 0 bridgehead atoms. The van der Waals surface area contributed by atoms with Gasteiger partial charge in [0.25, 0.3) is 0 Å². The minimum atomic E-state index is 0.452. The number of fused-ring (bicyclic) bond motifs is 1. The Hall–Kier alpha value is -2.36. The molecule has 0 amide bonds. The Morgan fingerprint density at radius 1 is 0.962 bits per heavy atom. The molecule has 0 saturated carbocycles. The maximum absolute atomic E-state index is 6.36. The lowest BCUT2D eigenvalue weighted by molar-refractivity contribution is 0.833. The molecule has 2 heterocycles. The minimum Gasteiger partial charge on any atom is -0.319 e. The third-order valence-corrected chi connectivity index (χ3v) is 5.17. The Bertz CT molecular complexity index is 1100. The van der Waals surface area contributed by atoms with Crippen LogP contribution in [0.4, 0.5) is 0 Å². The van der Waals surface area contributed by atoms with E-state index in [2.05, 4.69) is 35.5 Å². The summed E-state index contributed by atoms with van der Waals surface area (Å²) in [6.07, 6.45) is 1.69. The first-order chi connectivity index (χ1) is 12.5. The highest BCUT2D eigenvalue weighted by atomic mass is 35.5. The number of hydrogen-bond acceptors (Lipinski definition) is 2. The van der Waals surface area contributed by atoms with E-state index in [-0.39, 0.29) is 0 Å². The maximum atomic E-state index is 6.36. The standard InChI is InChI=1S/C21H17Cl2N3/c1-13-10-18-19(11-14(13)2)26(12-15-5-7-16(22)8-6-15)21(25-18)17-4-3-9-24-20(17)23/h3-11H,12H2,1-2H3. The third-order valence-electron chi connectivity index (χ3n) is 4.62. The van der Waals surface area contributed by atoms with Gasteiger partial charge in [-0.15, -0.1) is 0 Å². The van der Waals surface area contributed by atoms with E-state index in [0.717, 1.165) is 33.0 Å². The van der Waals surface area contributed by atoms with Crippen molar-refractivity contribution in [2.24, 2.45) is 0 Å². The molecule has 0 N–H and O–H groups in total. The van der Waals surface area contributed by atoms with E-state index in [1.807, 2.05) is 36.4 Å². The van der Waals surface area contributed by atoms with Gasteiger partial charge in [-0.05, 0) is 66.9 Å². The van der Waals surface area contributed by atoms with E-state index in [9.17, 15) is 0 Å². The first-order valence-corrected chi connectivity index (χ1v) is 9.11. The molecule has 2 aromatic carbocycles. The molecule has 0 aliphatic carbocycles. The molecule has 26 heavy (non-hydrogen) atoms. The van der Waals surface area contributed by atoms with Crippen LogP contribution < -0.4 is 0 Å². The van der Waals surface area contributed by atoms with Crippen molar-refractivity contribution in [1.82, 2.24) is 14.5 Å². The minimum absolute atomic E-state index is 0.452. The number of imidazole rings is 1. The molecule has 2 aromatic heterocycles. The van der Waals surface area contributed by atoms with Crippen molar-refractivity contribution in [1.29, 1.82) is 0 Å². The number of aryl methyl sites for hydroxylation is 2. The second-order valence-electron chi connectivity index (χ2n) is 6.41. The number of rotatable bonds is 3. The van der Waals surface area contributed by atoms with Crippen LogP contribution in [0.15, 0.2) is 54.7 Å². The second-order valence-corrected chi connectivity index (χ2v) is 7.21. The van der Waals surface area contributed by atoms with E-state index in [1.165, 1.54) is 11.1 Å². The van der Waals surface area contributed by atoms with Crippen molar-refractivity contribution >= 4 is 34.2 Å². The van der Waals surface area contributed by atoms with Gasteiger partial charge in [0.1, 0.15) is 11.0 Å². The predicted molar refractivity (Wildman–Crippen MR) is 108 cm³/mol. The van der Waals surface area contributed by atoms with Gasteiger partial charge in [0, 0.05) is 17.8 Å². The molecule has 0 spiro atoms. The van der Waals surface area contributed by atoms with Crippen LogP contribution in [-0.4, -0.2) is 14.5 Å². The summed E-state index contributed by atoms with van der Waals surface area (Å²) >= 11 is 12.4. The summed E-state index contributed by atoms with van der Waals surface area (Å²) in [5, 5.41) is 1.18. The molecule has 0 unspecified atom stereocenters. The van der Waals surface area contributed by atoms with Gasteiger partial charge in [0.15, 0.2) is 0 Å². The van der Waals surface area contributed by atoms with Crippen molar-refractivity contribution in [3.05, 3.63) is 81.6 Å². The summed E-state index contributed by atoms with van der Waals surface area (Å²) in [6, 6.07) is 16.0. The van der Waals surface area contributed by atoms with E-state index >= 15 is 0 Å². The van der Waals surface area contributed by atoms with Crippen LogP contribution in [0.5, 0.6) is 0 Å². The number of aromatic nitrogens is 3. The molecule has 0 radical (unpaired) electrons. The molecule has 0 atom stereocenters. The van der Waals surface area contributed by atoms with Gasteiger partial charge < -0.3 is 4.57 Å². The van der Waals surface area contributed by atoms with Crippen LogP contribution >= 0.6 is 23.2 Å². The molecule has 130 valence electrons. The number of pyridine rings is 1.